The van der Waals surface area contributed by atoms with Crippen LogP contribution in [0.25, 0.3) is 0 Å². The van der Waals surface area contributed by atoms with Crippen molar-refractivity contribution in [1.82, 2.24) is 0 Å². The molecule has 1 aromatic rings. The first kappa shape index (κ1) is 18.3. The molecule has 0 saturated heterocycles. The molecule has 2 atom stereocenters. The van der Waals surface area contributed by atoms with Gasteiger partial charge in [-0.25, -0.2) is 4.79 Å². The third-order valence-corrected chi connectivity index (χ3v) is 4.56. The molecule has 0 spiro atoms. The highest BCUT2D eigenvalue weighted by molar-refractivity contribution is 5.84. The summed E-state index contributed by atoms with van der Waals surface area (Å²) in [5.74, 6) is 0.972. The minimum absolute atomic E-state index is 0.369. The fourth-order valence-corrected chi connectivity index (χ4v) is 3.05. The second-order valence-corrected chi connectivity index (χ2v) is 6.95. The first-order valence-corrected chi connectivity index (χ1v) is 8.84. The predicted octanol–water partition coefficient (Wildman–Crippen LogP) is 5.95. The number of ether oxygens (including phenoxy) is 1. The van der Waals surface area contributed by atoms with E-state index in [2.05, 4.69) is 38.2 Å². The van der Waals surface area contributed by atoms with E-state index in [0.29, 0.717) is 18.4 Å². The molecule has 0 heterocycles. The fourth-order valence-electron chi connectivity index (χ4n) is 3.05. The van der Waals surface area contributed by atoms with Crippen LogP contribution in [-0.4, -0.2) is 12.7 Å². The van der Waals surface area contributed by atoms with Crippen LogP contribution in [0.5, 0.6) is 0 Å². The van der Waals surface area contributed by atoms with E-state index in [1.165, 1.54) is 5.57 Å². The number of allylic oxidation sites excluding steroid dienone is 4. The van der Waals surface area contributed by atoms with Gasteiger partial charge in [0, 0.05) is 5.69 Å². The first-order chi connectivity index (χ1) is 11.5. The van der Waals surface area contributed by atoms with Crippen LogP contribution >= 0.6 is 0 Å². The quantitative estimate of drug-likeness (QED) is 0.655. The molecule has 3 heteroatoms. The van der Waals surface area contributed by atoms with Crippen molar-refractivity contribution in [3.8, 4) is 0 Å². The van der Waals surface area contributed by atoms with Gasteiger partial charge in [-0.1, -0.05) is 48.4 Å². The lowest BCUT2D eigenvalue weighted by atomic mass is 9.80. The molecule has 0 aromatic heterocycles. The zero-order valence-electron chi connectivity index (χ0n) is 15.0. The SMILES string of the molecule is CC(C)=CCCC1=CC[C@H](COC(=O)Nc2ccccc2)[C@H](C)C1. The zero-order chi connectivity index (χ0) is 17.4. The molecule has 3 nitrogen and oxygen atoms in total. The Morgan fingerprint density at radius 2 is 2.04 bits per heavy atom. The van der Waals surface area contributed by atoms with Crippen molar-refractivity contribution in [3.05, 3.63) is 53.6 Å². The highest BCUT2D eigenvalue weighted by atomic mass is 16.5. The summed E-state index contributed by atoms with van der Waals surface area (Å²) in [4.78, 5) is 11.9. The molecule has 0 radical (unpaired) electrons. The molecule has 1 N–H and O–H groups in total. The van der Waals surface area contributed by atoms with Crippen LogP contribution in [0.2, 0.25) is 0 Å². The molecule has 0 aliphatic heterocycles. The molecule has 24 heavy (non-hydrogen) atoms. The monoisotopic (exact) mass is 327 g/mol. The Hall–Kier alpha value is -2.03. The van der Waals surface area contributed by atoms with Crippen molar-refractivity contribution in [2.75, 3.05) is 11.9 Å². The van der Waals surface area contributed by atoms with E-state index >= 15 is 0 Å². The van der Waals surface area contributed by atoms with Crippen molar-refractivity contribution in [2.45, 2.75) is 46.5 Å². The summed E-state index contributed by atoms with van der Waals surface area (Å²) in [6.45, 7) is 7.03. The number of hydrogen-bond donors (Lipinski definition) is 1. The van der Waals surface area contributed by atoms with Gasteiger partial charge in [-0.2, -0.15) is 0 Å². The summed E-state index contributed by atoms with van der Waals surface area (Å²) < 4.78 is 5.41. The summed E-state index contributed by atoms with van der Waals surface area (Å²) in [7, 11) is 0. The van der Waals surface area contributed by atoms with Crippen LogP contribution in [-0.2, 0) is 4.74 Å². The maximum Gasteiger partial charge on any atom is 0.411 e. The van der Waals surface area contributed by atoms with E-state index in [1.54, 1.807) is 5.57 Å². The van der Waals surface area contributed by atoms with Gasteiger partial charge in [0.1, 0.15) is 0 Å². The summed E-state index contributed by atoms with van der Waals surface area (Å²) in [5.41, 5.74) is 3.70. The van der Waals surface area contributed by atoms with Crippen molar-refractivity contribution in [1.29, 1.82) is 0 Å². The fraction of sp³-hybridized carbons (Fsp3) is 0.476. The minimum Gasteiger partial charge on any atom is -0.449 e. The third-order valence-electron chi connectivity index (χ3n) is 4.56. The number of para-hydroxylation sites is 1. The zero-order valence-corrected chi connectivity index (χ0v) is 15.0. The van der Waals surface area contributed by atoms with E-state index in [9.17, 15) is 4.79 Å². The van der Waals surface area contributed by atoms with Crippen LogP contribution in [0.15, 0.2) is 53.6 Å². The number of anilines is 1. The van der Waals surface area contributed by atoms with E-state index < -0.39 is 0 Å². The van der Waals surface area contributed by atoms with Crippen LogP contribution in [0.4, 0.5) is 10.5 Å². The molecule has 0 saturated carbocycles. The molecular weight excluding hydrogens is 298 g/mol. The average Bonchev–Trinajstić information content (AvgIpc) is 2.54. The molecule has 2 rings (SSSR count). The Morgan fingerprint density at radius 3 is 2.71 bits per heavy atom. The van der Waals surface area contributed by atoms with Gasteiger partial charge in [0.15, 0.2) is 0 Å². The van der Waals surface area contributed by atoms with Crippen molar-refractivity contribution >= 4 is 11.8 Å². The highest BCUT2D eigenvalue weighted by Gasteiger charge is 2.23. The molecule has 1 aliphatic carbocycles. The molecule has 0 bridgehead atoms. The highest BCUT2D eigenvalue weighted by Crippen LogP contribution is 2.31. The van der Waals surface area contributed by atoms with E-state index in [-0.39, 0.29) is 6.09 Å². The maximum atomic E-state index is 11.9. The normalized spacial score (nSPS) is 20.0. The standard InChI is InChI=1S/C21H29NO2/c1-16(2)8-7-9-18-12-13-19(17(3)14-18)15-24-21(23)22-20-10-5-4-6-11-20/h4-6,8,10-12,17,19H,7,9,13-15H2,1-3H3,(H,22,23)/t17-,19-/m1/s1. The Balaban J connectivity index is 1.74. The Labute approximate surface area is 145 Å². The molecule has 1 aromatic carbocycles. The van der Waals surface area contributed by atoms with Crippen LogP contribution in [0, 0.1) is 11.8 Å². The predicted molar refractivity (Wildman–Crippen MR) is 100 cm³/mol. The third kappa shape index (κ3) is 6.23. The molecular formula is C21H29NO2. The first-order valence-electron chi connectivity index (χ1n) is 8.84. The molecule has 130 valence electrons. The summed E-state index contributed by atoms with van der Waals surface area (Å²) in [6.07, 6.45) is 8.68. The Kier molecular flexibility index (Phi) is 7.10. The lowest BCUT2D eigenvalue weighted by Crippen LogP contribution is -2.25. The number of amides is 1. The van der Waals surface area contributed by atoms with Gasteiger partial charge in [0.2, 0.25) is 0 Å². The van der Waals surface area contributed by atoms with Crippen molar-refractivity contribution in [3.63, 3.8) is 0 Å². The van der Waals surface area contributed by atoms with E-state index in [1.807, 2.05) is 30.3 Å². The average molecular weight is 327 g/mol. The summed E-state index contributed by atoms with van der Waals surface area (Å²) in [6, 6.07) is 9.40. The van der Waals surface area contributed by atoms with E-state index in [0.717, 1.165) is 31.4 Å². The number of carbonyl (C=O) groups is 1. The van der Waals surface area contributed by atoms with E-state index in [4.69, 9.17) is 4.74 Å². The number of carbonyl (C=O) groups excluding carboxylic acids is 1. The minimum atomic E-state index is -0.369. The number of benzene rings is 1. The topological polar surface area (TPSA) is 38.3 Å². The van der Waals surface area contributed by atoms with Crippen LogP contribution in [0.1, 0.15) is 46.5 Å². The van der Waals surface area contributed by atoms with Crippen molar-refractivity contribution < 1.29 is 9.53 Å². The summed E-state index contributed by atoms with van der Waals surface area (Å²) >= 11 is 0. The second kappa shape index (κ2) is 9.31. The molecule has 0 unspecified atom stereocenters. The summed E-state index contributed by atoms with van der Waals surface area (Å²) in [5, 5.41) is 2.76. The van der Waals surface area contributed by atoms with Gasteiger partial charge < -0.3 is 4.74 Å². The smallest absolute Gasteiger partial charge is 0.411 e. The molecule has 1 amide bonds. The molecule has 0 fully saturated rings. The van der Waals surface area contributed by atoms with Crippen LogP contribution < -0.4 is 5.32 Å². The number of hydrogen-bond acceptors (Lipinski definition) is 2. The number of nitrogens with one attached hydrogen (secondary N) is 1. The van der Waals surface area contributed by atoms with Crippen LogP contribution in [0.3, 0.4) is 0 Å². The number of rotatable bonds is 6. The van der Waals surface area contributed by atoms with Gasteiger partial charge in [-0.3, -0.25) is 5.32 Å². The second-order valence-electron chi connectivity index (χ2n) is 6.95. The van der Waals surface area contributed by atoms with Gasteiger partial charge in [-0.05, 0) is 63.5 Å². The lowest BCUT2D eigenvalue weighted by molar-refractivity contribution is 0.122. The Bertz CT molecular complexity index is 585. The van der Waals surface area contributed by atoms with Crippen molar-refractivity contribution in [2.24, 2.45) is 11.8 Å². The van der Waals surface area contributed by atoms with Gasteiger partial charge >= 0.3 is 6.09 Å². The van der Waals surface area contributed by atoms with Gasteiger partial charge in [-0.15, -0.1) is 0 Å². The molecule has 1 aliphatic rings. The Morgan fingerprint density at radius 1 is 1.29 bits per heavy atom. The maximum absolute atomic E-state index is 11.9. The van der Waals surface area contributed by atoms with Gasteiger partial charge in [0.25, 0.3) is 0 Å². The lowest BCUT2D eigenvalue weighted by Gasteiger charge is -2.28. The largest absolute Gasteiger partial charge is 0.449 e. The van der Waals surface area contributed by atoms with Gasteiger partial charge in [0.05, 0.1) is 6.61 Å².